The number of hydrogen-bond donors (Lipinski definition) is 4. The van der Waals surface area contributed by atoms with Crippen LogP contribution in [-0.4, -0.2) is 68.9 Å². The van der Waals surface area contributed by atoms with Crippen LogP contribution in [0.25, 0.3) is 33.7 Å². The van der Waals surface area contributed by atoms with Gasteiger partial charge >= 0.3 is 12.1 Å². The maximum absolute atomic E-state index is 15.0. The Labute approximate surface area is 299 Å². The fourth-order valence-electron chi connectivity index (χ4n) is 6.89. The van der Waals surface area contributed by atoms with Gasteiger partial charge in [0.2, 0.25) is 11.8 Å². The first kappa shape index (κ1) is 35.6. The number of likely N-dealkylation sites (tertiary alicyclic amines) is 1. The van der Waals surface area contributed by atoms with Gasteiger partial charge in [-0.25, -0.2) is 14.4 Å². The minimum Gasteiger partial charge on any atom is -0.480 e. The van der Waals surface area contributed by atoms with Crippen LogP contribution in [0.4, 0.5) is 23.4 Å². The quantitative estimate of drug-likeness (QED) is 0.109. The highest BCUT2D eigenvalue weighted by Gasteiger charge is 2.40. The molecule has 16 heteroatoms. The number of oxazole rings is 1. The molecule has 52 heavy (non-hydrogen) atoms. The summed E-state index contributed by atoms with van der Waals surface area (Å²) in [6, 6.07) is 13.1. The van der Waals surface area contributed by atoms with Crippen molar-refractivity contribution in [3.05, 3.63) is 87.4 Å². The average Bonchev–Trinajstić information content (AvgIpc) is 3.83. The lowest BCUT2D eigenvalue weighted by Crippen LogP contribution is -2.25. The molecule has 0 radical (unpaired) electrons. The van der Waals surface area contributed by atoms with Crippen LogP contribution in [0, 0.1) is 5.82 Å². The van der Waals surface area contributed by atoms with Crippen LogP contribution in [0.3, 0.4) is 0 Å². The Bertz CT molecular complexity index is 2160. The third kappa shape index (κ3) is 7.13. The largest absolute Gasteiger partial charge is 0.480 e. The molecule has 2 aromatic heterocycles. The number of nitrogens with zero attached hydrogens (tertiary/aromatic N) is 4. The fourth-order valence-corrected chi connectivity index (χ4v) is 7.20. The van der Waals surface area contributed by atoms with Gasteiger partial charge in [0.25, 0.3) is 0 Å². The van der Waals surface area contributed by atoms with Crippen LogP contribution in [0.2, 0.25) is 5.02 Å². The van der Waals surface area contributed by atoms with E-state index in [1.54, 1.807) is 24.3 Å². The number of methoxy groups -OCH3 is 1. The van der Waals surface area contributed by atoms with Gasteiger partial charge in [-0.2, -0.15) is 18.2 Å². The summed E-state index contributed by atoms with van der Waals surface area (Å²) in [5.41, 5.74) is 3.00. The molecular formula is C36H33ClF4N6O5. The number of anilines is 1. The number of rotatable bonds is 11. The lowest BCUT2D eigenvalue weighted by Gasteiger charge is -2.22. The van der Waals surface area contributed by atoms with E-state index in [9.17, 15) is 27.5 Å². The van der Waals surface area contributed by atoms with Crippen LogP contribution >= 0.6 is 11.6 Å². The first-order valence-corrected chi connectivity index (χ1v) is 16.9. The van der Waals surface area contributed by atoms with E-state index in [0.717, 1.165) is 16.7 Å². The Kier molecular flexibility index (Phi) is 9.78. The molecule has 4 N–H and O–H groups in total. The summed E-state index contributed by atoms with van der Waals surface area (Å²) in [5, 5.41) is 24.8. The number of halogens is 5. The van der Waals surface area contributed by atoms with Crippen molar-refractivity contribution in [2.24, 2.45) is 0 Å². The Balaban J connectivity index is 1.18. The van der Waals surface area contributed by atoms with E-state index in [0.29, 0.717) is 54.1 Å². The summed E-state index contributed by atoms with van der Waals surface area (Å²) in [6.07, 6.45) is -3.84. The van der Waals surface area contributed by atoms with Crippen molar-refractivity contribution in [1.82, 2.24) is 25.2 Å². The standard InChI is InChI=1S/C36H33ClF4N6O5/c1-51-35-28(17-47-11-10-19(48)16-47)43-32(36(39,40)41)33(46-35)44-26-9-8-21-20(4-2-5-22(21)26)23-6-3-7-24(30(23)37)34-45-27-13-18(14-42-15-29(49)50)12-25(38)31(27)52-34/h2-7,12-13,19,26,42,48H,8-11,14-17H2,1H3,(H,44,46)(H,49,50)/t19-,26-/m1/s1. The van der Waals surface area contributed by atoms with Crippen molar-refractivity contribution in [2.45, 2.75) is 50.7 Å². The summed E-state index contributed by atoms with van der Waals surface area (Å²) in [6.45, 7) is 0.718. The van der Waals surface area contributed by atoms with Crippen molar-refractivity contribution in [3.63, 3.8) is 0 Å². The monoisotopic (exact) mass is 740 g/mol. The number of ether oxygens (including phenoxy) is 1. The molecule has 0 bridgehead atoms. The van der Waals surface area contributed by atoms with Gasteiger partial charge in [-0.3, -0.25) is 9.69 Å². The molecule has 5 aromatic rings. The number of fused-ring (bicyclic) bond motifs is 2. The number of carbonyl (C=O) groups is 1. The molecule has 0 unspecified atom stereocenters. The zero-order valence-electron chi connectivity index (χ0n) is 27.7. The number of hydrogen-bond acceptors (Lipinski definition) is 10. The Morgan fingerprint density at radius 2 is 1.87 bits per heavy atom. The van der Waals surface area contributed by atoms with E-state index in [1.807, 2.05) is 23.1 Å². The predicted molar refractivity (Wildman–Crippen MR) is 183 cm³/mol. The molecule has 3 heterocycles. The van der Waals surface area contributed by atoms with E-state index in [1.165, 1.54) is 13.2 Å². The first-order chi connectivity index (χ1) is 24.9. The average molecular weight is 741 g/mol. The molecule has 3 aromatic carbocycles. The third-order valence-electron chi connectivity index (χ3n) is 9.22. The van der Waals surface area contributed by atoms with Crippen molar-refractivity contribution in [2.75, 3.05) is 32.1 Å². The van der Waals surface area contributed by atoms with Gasteiger partial charge in [-0.1, -0.05) is 41.9 Å². The van der Waals surface area contributed by atoms with Crippen molar-refractivity contribution < 1.29 is 41.7 Å². The lowest BCUT2D eigenvalue weighted by molar-refractivity contribution is -0.141. The smallest absolute Gasteiger partial charge is 0.437 e. The molecule has 272 valence electrons. The predicted octanol–water partition coefficient (Wildman–Crippen LogP) is 6.61. The number of carboxylic acid groups (broad SMARTS) is 1. The maximum Gasteiger partial charge on any atom is 0.437 e. The zero-order valence-corrected chi connectivity index (χ0v) is 28.5. The van der Waals surface area contributed by atoms with E-state index in [4.69, 9.17) is 25.9 Å². The van der Waals surface area contributed by atoms with E-state index in [2.05, 4.69) is 25.6 Å². The Morgan fingerprint density at radius 1 is 1.10 bits per heavy atom. The molecule has 1 aliphatic carbocycles. The second-order valence-electron chi connectivity index (χ2n) is 12.8. The number of aliphatic carboxylic acids is 1. The number of aromatic nitrogens is 3. The summed E-state index contributed by atoms with van der Waals surface area (Å²) >= 11 is 6.98. The first-order valence-electron chi connectivity index (χ1n) is 16.5. The Morgan fingerprint density at radius 3 is 2.60 bits per heavy atom. The van der Waals surface area contributed by atoms with Gasteiger partial charge in [-0.05, 0) is 59.7 Å². The second-order valence-corrected chi connectivity index (χ2v) is 13.1. The van der Waals surface area contributed by atoms with E-state index >= 15 is 0 Å². The normalized spacial score (nSPS) is 17.5. The van der Waals surface area contributed by atoms with Crippen LogP contribution in [0.5, 0.6) is 5.88 Å². The van der Waals surface area contributed by atoms with Crippen LogP contribution in [0.1, 0.15) is 47.0 Å². The van der Waals surface area contributed by atoms with Crippen LogP contribution < -0.4 is 15.4 Å². The highest BCUT2D eigenvalue weighted by Crippen LogP contribution is 2.45. The number of alkyl halides is 3. The molecule has 1 aliphatic heterocycles. The molecule has 11 nitrogen and oxygen atoms in total. The maximum atomic E-state index is 15.0. The summed E-state index contributed by atoms with van der Waals surface area (Å²) < 4.78 is 69.4. The molecule has 0 amide bonds. The topological polar surface area (TPSA) is 146 Å². The van der Waals surface area contributed by atoms with Crippen molar-refractivity contribution in [3.8, 4) is 28.5 Å². The minimum atomic E-state index is -4.80. The molecule has 0 spiro atoms. The SMILES string of the molecule is COc1nc(N[C@@H]2CCc3c(-c4cccc(-c5nc6cc(CNCC(=O)O)cc(F)c6o5)c4Cl)cccc32)c(C(F)(F)F)nc1CN1CC[C@@H](O)C1. The fraction of sp³-hybridized carbons (Fsp3) is 0.333. The number of β-amino-alcohol motifs (C(OH)–C–C–N with tert-alkyl or cyclic N) is 1. The third-order valence-corrected chi connectivity index (χ3v) is 9.63. The highest BCUT2D eigenvalue weighted by atomic mass is 35.5. The molecule has 7 rings (SSSR count). The molecule has 1 saturated heterocycles. The summed E-state index contributed by atoms with van der Waals surface area (Å²) in [4.78, 5) is 25.4. The molecule has 0 saturated carbocycles. The lowest BCUT2D eigenvalue weighted by atomic mass is 9.95. The number of carboxylic acids is 1. The van der Waals surface area contributed by atoms with E-state index in [-0.39, 0.29) is 48.2 Å². The van der Waals surface area contributed by atoms with Gasteiger partial charge < -0.3 is 30.0 Å². The Hall–Kier alpha value is -4.83. The van der Waals surface area contributed by atoms with E-state index < -0.39 is 41.6 Å². The van der Waals surface area contributed by atoms with Crippen LogP contribution in [-0.2, 0) is 30.5 Å². The second kappa shape index (κ2) is 14.3. The van der Waals surface area contributed by atoms with Crippen LogP contribution in [0.15, 0.2) is 52.9 Å². The number of aliphatic hydroxyl groups excluding tert-OH is 1. The zero-order chi connectivity index (χ0) is 36.7. The summed E-state index contributed by atoms with van der Waals surface area (Å²) in [7, 11) is 1.33. The number of nitrogens with one attached hydrogen (secondary N) is 2. The van der Waals surface area contributed by atoms with Crippen molar-refractivity contribution in [1.29, 1.82) is 0 Å². The van der Waals surface area contributed by atoms with Gasteiger partial charge in [0.05, 0.1) is 36.4 Å². The number of benzene rings is 3. The minimum absolute atomic E-state index is 0.0300. The molecule has 2 aliphatic rings. The van der Waals surface area contributed by atoms with Gasteiger partial charge in [-0.15, -0.1) is 0 Å². The van der Waals surface area contributed by atoms with Gasteiger partial charge in [0, 0.05) is 31.7 Å². The van der Waals surface area contributed by atoms with Gasteiger partial charge in [0.1, 0.15) is 11.2 Å². The summed E-state index contributed by atoms with van der Waals surface area (Å²) in [5.74, 6) is -2.09. The highest BCUT2D eigenvalue weighted by molar-refractivity contribution is 6.36. The van der Waals surface area contributed by atoms with Crippen molar-refractivity contribution >= 4 is 34.5 Å². The molecule has 2 atom stereocenters. The molecular weight excluding hydrogens is 708 g/mol. The molecule has 1 fully saturated rings. The van der Waals surface area contributed by atoms with Gasteiger partial charge in [0.15, 0.2) is 22.9 Å². The number of aliphatic hydroxyl groups is 1.